The minimum Gasteiger partial charge on any atom is -0.422 e. The molecule has 0 bridgehead atoms. The quantitative estimate of drug-likeness (QED) is 0.690. The first-order valence-electron chi connectivity index (χ1n) is 7.59. The lowest BCUT2D eigenvalue weighted by molar-refractivity contribution is -0.130. The monoisotopic (exact) mass is 330 g/mol. The molecule has 122 valence electrons. The summed E-state index contributed by atoms with van der Waals surface area (Å²) in [6, 6.07) is 16.0. The van der Waals surface area contributed by atoms with Gasteiger partial charge in [-0.15, -0.1) is 0 Å². The summed E-state index contributed by atoms with van der Waals surface area (Å²) in [4.78, 5) is 23.1. The van der Waals surface area contributed by atoms with Crippen molar-refractivity contribution in [2.24, 2.45) is 0 Å². The van der Waals surface area contributed by atoms with E-state index < -0.39 is 5.97 Å². The maximum Gasteiger partial charge on any atom is 0.343 e. The Balaban J connectivity index is 1.83. The number of benzene rings is 2. The average Bonchev–Trinajstić information content (AvgIpc) is 2.96. The molecule has 1 amide bonds. The SMILES string of the molecule is CC(=O)Nc1ccc(C2=C/C(=C/c3ccc(C#N)cc3)C(=O)O2)cc1. The van der Waals surface area contributed by atoms with E-state index in [0.29, 0.717) is 22.6 Å². The minimum absolute atomic E-state index is 0.146. The largest absolute Gasteiger partial charge is 0.422 e. The van der Waals surface area contributed by atoms with E-state index in [4.69, 9.17) is 10.00 Å². The number of carbonyl (C=O) groups excluding carboxylic acids is 2. The molecule has 5 nitrogen and oxygen atoms in total. The van der Waals surface area contributed by atoms with Gasteiger partial charge >= 0.3 is 5.97 Å². The third kappa shape index (κ3) is 3.82. The van der Waals surface area contributed by atoms with Crippen LogP contribution in [0.25, 0.3) is 11.8 Å². The lowest BCUT2D eigenvalue weighted by Crippen LogP contribution is -2.05. The fourth-order valence-corrected chi connectivity index (χ4v) is 2.39. The number of hydrogen-bond acceptors (Lipinski definition) is 4. The number of nitrogens with one attached hydrogen (secondary N) is 1. The van der Waals surface area contributed by atoms with Crippen LogP contribution in [0.1, 0.15) is 23.6 Å². The Kier molecular flexibility index (Phi) is 4.44. The second kappa shape index (κ2) is 6.85. The molecule has 0 aromatic heterocycles. The molecule has 0 radical (unpaired) electrons. The molecule has 3 rings (SSSR count). The van der Waals surface area contributed by atoms with E-state index in [1.807, 2.05) is 0 Å². The van der Waals surface area contributed by atoms with Crippen LogP contribution in [0.2, 0.25) is 0 Å². The summed E-state index contributed by atoms with van der Waals surface area (Å²) >= 11 is 0. The summed E-state index contributed by atoms with van der Waals surface area (Å²) in [5.74, 6) is -0.114. The summed E-state index contributed by atoms with van der Waals surface area (Å²) in [6.45, 7) is 1.44. The number of nitriles is 1. The fraction of sp³-hybridized carbons (Fsp3) is 0.0500. The predicted octanol–water partition coefficient (Wildman–Crippen LogP) is 3.50. The highest BCUT2D eigenvalue weighted by atomic mass is 16.5. The molecule has 0 atom stereocenters. The first-order chi connectivity index (χ1) is 12.0. The standard InChI is InChI=1S/C20H14N2O3/c1-13(23)22-18-8-6-16(7-9-18)19-11-17(20(24)25-19)10-14-2-4-15(12-21)5-3-14/h2-11H,1H3,(H,22,23)/b17-10-. The van der Waals surface area contributed by atoms with Crippen molar-refractivity contribution in [3.05, 3.63) is 76.9 Å². The molecule has 1 heterocycles. The molecule has 1 N–H and O–H groups in total. The molecule has 25 heavy (non-hydrogen) atoms. The van der Waals surface area contributed by atoms with E-state index >= 15 is 0 Å². The van der Waals surface area contributed by atoms with Crippen molar-refractivity contribution < 1.29 is 14.3 Å². The summed E-state index contributed by atoms with van der Waals surface area (Å²) in [7, 11) is 0. The Morgan fingerprint density at radius 2 is 1.80 bits per heavy atom. The van der Waals surface area contributed by atoms with Crippen molar-refractivity contribution in [3.8, 4) is 6.07 Å². The van der Waals surface area contributed by atoms with Crippen LogP contribution in [-0.2, 0) is 14.3 Å². The van der Waals surface area contributed by atoms with Crippen molar-refractivity contribution >= 4 is 29.4 Å². The Morgan fingerprint density at radius 1 is 1.12 bits per heavy atom. The Labute approximate surface area is 144 Å². The Hall–Kier alpha value is -3.65. The molecule has 0 aliphatic carbocycles. The molecular weight excluding hydrogens is 316 g/mol. The maximum atomic E-state index is 12.0. The molecule has 1 aliphatic rings. The highest BCUT2D eigenvalue weighted by molar-refractivity contribution is 6.05. The summed E-state index contributed by atoms with van der Waals surface area (Å²) in [5.41, 5.74) is 3.22. The van der Waals surface area contributed by atoms with Gasteiger partial charge in [0.05, 0.1) is 17.2 Å². The van der Waals surface area contributed by atoms with Crippen molar-refractivity contribution in [1.29, 1.82) is 5.26 Å². The lowest BCUT2D eigenvalue weighted by atomic mass is 10.1. The van der Waals surface area contributed by atoms with E-state index in [1.54, 1.807) is 60.7 Å². The number of esters is 1. The highest BCUT2D eigenvalue weighted by Gasteiger charge is 2.21. The van der Waals surface area contributed by atoms with Crippen LogP contribution in [0.4, 0.5) is 5.69 Å². The number of nitrogens with zero attached hydrogens (tertiary/aromatic N) is 1. The van der Waals surface area contributed by atoms with Gasteiger partial charge in [0.25, 0.3) is 0 Å². The third-order valence-electron chi connectivity index (χ3n) is 3.58. The van der Waals surface area contributed by atoms with Gasteiger partial charge in [-0.25, -0.2) is 4.79 Å². The van der Waals surface area contributed by atoms with Gasteiger partial charge in [0.1, 0.15) is 5.76 Å². The van der Waals surface area contributed by atoms with E-state index in [0.717, 1.165) is 11.1 Å². The molecule has 2 aromatic rings. The van der Waals surface area contributed by atoms with Crippen LogP contribution in [0.5, 0.6) is 0 Å². The van der Waals surface area contributed by atoms with Gasteiger partial charge in [0.2, 0.25) is 5.91 Å². The van der Waals surface area contributed by atoms with Crippen LogP contribution in [0.15, 0.2) is 60.2 Å². The normalized spacial score (nSPS) is 14.6. The van der Waals surface area contributed by atoms with E-state index in [-0.39, 0.29) is 5.91 Å². The van der Waals surface area contributed by atoms with Crippen molar-refractivity contribution in [1.82, 2.24) is 0 Å². The summed E-state index contributed by atoms with van der Waals surface area (Å²) < 4.78 is 5.31. The Bertz CT molecular complexity index is 930. The van der Waals surface area contributed by atoms with Crippen LogP contribution in [0, 0.1) is 11.3 Å². The summed E-state index contributed by atoms with van der Waals surface area (Å²) in [5, 5.41) is 11.5. The molecule has 1 aliphatic heterocycles. The number of hydrogen-bond donors (Lipinski definition) is 1. The predicted molar refractivity (Wildman–Crippen MR) is 93.9 cm³/mol. The fourth-order valence-electron chi connectivity index (χ4n) is 2.39. The van der Waals surface area contributed by atoms with Gasteiger partial charge < -0.3 is 10.1 Å². The van der Waals surface area contributed by atoms with Gasteiger partial charge in [0, 0.05) is 18.2 Å². The molecule has 0 saturated heterocycles. The van der Waals surface area contributed by atoms with Gasteiger partial charge in [-0.05, 0) is 54.1 Å². The number of amides is 1. The molecule has 0 saturated carbocycles. The maximum absolute atomic E-state index is 12.0. The molecule has 2 aromatic carbocycles. The van der Waals surface area contributed by atoms with Crippen LogP contribution >= 0.6 is 0 Å². The average molecular weight is 330 g/mol. The number of anilines is 1. The van der Waals surface area contributed by atoms with Crippen molar-refractivity contribution in [3.63, 3.8) is 0 Å². The minimum atomic E-state index is -0.426. The van der Waals surface area contributed by atoms with Crippen molar-refractivity contribution in [2.45, 2.75) is 6.92 Å². The first kappa shape index (κ1) is 16.2. The molecule has 0 spiro atoms. The van der Waals surface area contributed by atoms with E-state index in [9.17, 15) is 9.59 Å². The number of ether oxygens (including phenoxy) is 1. The van der Waals surface area contributed by atoms with E-state index in [2.05, 4.69) is 11.4 Å². The molecule has 5 heteroatoms. The van der Waals surface area contributed by atoms with Crippen molar-refractivity contribution in [2.75, 3.05) is 5.32 Å². The van der Waals surface area contributed by atoms with Crippen LogP contribution in [0.3, 0.4) is 0 Å². The lowest BCUT2D eigenvalue weighted by Gasteiger charge is -2.04. The van der Waals surface area contributed by atoms with E-state index in [1.165, 1.54) is 6.92 Å². The van der Waals surface area contributed by atoms with Crippen LogP contribution < -0.4 is 5.32 Å². The summed E-state index contributed by atoms with van der Waals surface area (Å²) in [6.07, 6.45) is 3.39. The number of rotatable bonds is 3. The number of cyclic esters (lactones) is 1. The Morgan fingerprint density at radius 3 is 2.40 bits per heavy atom. The van der Waals surface area contributed by atoms with Gasteiger partial charge in [-0.3, -0.25) is 4.79 Å². The second-order valence-electron chi connectivity index (χ2n) is 5.49. The second-order valence-corrected chi connectivity index (χ2v) is 5.49. The topological polar surface area (TPSA) is 79.2 Å². The molecule has 0 unspecified atom stereocenters. The zero-order valence-electron chi connectivity index (χ0n) is 13.4. The zero-order chi connectivity index (χ0) is 17.8. The highest BCUT2D eigenvalue weighted by Crippen LogP contribution is 2.28. The van der Waals surface area contributed by atoms with Gasteiger partial charge in [-0.1, -0.05) is 12.1 Å². The van der Waals surface area contributed by atoms with Gasteiger partial charge in [-0.2, -0.15) is 5.26 Å². The molecular formula is C20H14N2O3. The number of carbonyl (C=O) groups is 2. The molecule has 0 fully saturated rings. The van der Waals surface area contributed by atoms with Crippen LogP contribution in [-0.4, -0.2) is 11.9 Å². The van der Waals surface area contributed by atoms with Gasteiger partial charge in [0.15, 0.2) is 0 Å². The first-order valence-corrected chi connectivity index (χ1v) is 7.59. The smallest absolute Gasteiger partial charge is 0.343 e. The third-order valence-corrected chi connectivity index (χ3v) is 3.58. The zero-order valence-corrected chi connectivity index (χ0v) is 13.4.